The van der Waals surface area contributed by atoms with Crippen LogP contribution in [0.15, 0.2) is 12.7 Å². The second kappa shape index (κ2) is 4.65. The molecule has 0 aliphatic carbocycles. The molecule has 0 aliphatic rings. The molecule has 0 heterocycles. The minimum Gasteiger partial charge on any atom is -0.442 e. The third kappa shape index (κ3) is 4.30. The van der Waals surface area contributed by atoms with Crippen molar-refractivity contribution in [2.24, 2.45) is 0 Å². The van der Waals surface area contributed by atoms with Crippen molar-refractivity contribution in [1.82, 2.24) is 0 Å². The minimum atomic E-state index is -0.753. The number of carbonyl (C=O) groups is 1. The second-order valence-electron chi connectivity index (χ2n) is 1.21. The van der Waals surface area contributed by atoms with Gasteiger partial charge in [0.25, 0.3) is 0 Å². The lowest BCUT2D eigenvalue weighted by atomic mass is 10.6. The van der Waals surface area contributed by atoms with Crippen LogP contribution in [-0.2, 0) is 9.53 Å². The Kier molecular flexibility index (Phi) is 4.54. The summed E-state index contributed by atoms with van der Waals surface area (Å²) in [6.45, 7) is 3.17. The molecule has 0 aromatic heterocycles. The molecule has 4 heteroatoms. The molecule has 0 fully saturated rings. The molecule has 1 unspecified atom stereocenters. The van der Waals surface area contributed by atoms with Gasteiger partial charge >= 0.3 is 5.97 Å². The number of rotatable bonds is 3. The Morgan fingerprint density at radius 2 is 2.44 bits per heavy atom. The van der Waals surface area contributed by atoms with Gasteiger partial charge in [-0.3, -0.25) is 0 Å². The van der Waals surface area contributed by atoms with Crippen LogP contribution in [0.4, 0.5) is 0 Å². The molecule has 0 aliphatic heterocycles. The summed E-state index contributed by atoms with van der Waals surface area (Å²) in [5, 5.41) is 0. The topological polar surface area (TPSA) is 26.3 Å². The lowest BCUT2D eigenvalue weighted by Crippen LogP contribution is -2.11. The van der Waals surface area contributed by atoms with E-state index in [4.69, 9.17) is 23.2 Å². The van der Waals surface area contributed by atoms with E-state index in [0.29, 0.717) is 0 Å². The summed E-state index contributed by atoms with van der Waals surface area (Å²) < 4.78 is 4.43. The standard InChI is InChI=1S/C5H6Cl2O2/c1-2-5(8)9-4(7)3-6/h2,4H,1,3H2. The van der Waals surface area contributed by atoms with Crippen molar-refractivity contribution >= 4 is 29.2 Å². The Labute approximate surface area is 63.4 Å². The van der Waals surface area contributed by atoms with Gasteiger partial charge in [-0.15, -0.1) is 11.6 Å². The van der Waals surface area contributed by atoms with Crippen molar-refractivity contribution in [2.75, 3.05) is 5.88 Å². The fraction of sp³-hybridized carbons (Fsp3) is 0.400. The van der Waals surface area contributed by atoms with Crippen LogP contribution >= 0.6 is 23.2 Å². The number of hydrogen-bond acceptors (Lipinski definition) is 2. The normalized spacial score (nSPS) is 12.2. The predicted molar refractivity (Wildman–Crippen MR) is 36.7 cm³/mol. The second-order valence-corrected chi connectivity index (χ2v) is 2.00. The highest BCUT2D eigenvalue weighted by molar-refractivity contribution is 6.27. The van der Waals surface area contributed by atoms with E-state index < -0.39 is 11.5 Å². The zero-order valence-corrected chi connectivity index (χ0v) is 6.15. The van der Waals surface area contributed by atoms with E-state index in [1.807, 2.05) is 0 Å². The highest BCUT2D eigenvalue weighted by Crippen LogP contribution is 2.00. The Morgan fingerprint density at radius 3 is 2.78 bits per heavy atom. The Morgan fingerprint density at radius 1 is 1.89 bits per heavy atom. The van der Waals surface area contributed by atoms with E-state index >= 15 is 0 Å². The fourth-order valence-corrected chi connectivity index (χ4v) is 0.356. The van der Waals surface area contributed by atoms with E-state index in [0.717, 1.165) is 6.08 Å². The van der Waals surface area contributed by atoms with Crippen molar-refractivity contribution in [2.45, 2.75) is 5.56 Å². The summed E-state index contributed by atoms with van der Waals surface area (Å²) in [4.78, 5) is 10.3. The van der Waals surface area contributed by atoms with Crippen molar-refractivity contribution in [3.05, 3.63) is 12.7 Å². The van der Waals surface area contributed by atoms with Crippen LogP contribution in [0, 0.1) is 0 Å². The van der Waals surface area contributed by atoms with Crippen molar-refractivity contribution < 1.29 is 9.53 Å². The number of ether oxygens (including phenoxy) is 1. The third-order valence-corrected chi connectivity index (χ3v) is 1.21. The van der Waals surface area contributed by atoms with Gasteiger partial charge in [0.15, 0.2) is 5.56 Å². The molecule has 52 valence electrons. The van der Waals surface area contributed by atoms with Gasteiger partial charge in [-0.1, -0.05) is 18.2 Å². The van der Waals surface area contributed by atoms with Crippen LogP contribution in [0.5, 0.6) is 0 Å². The third-order valence-electron chi connectivity index (χ3n) is 0.532. The molecule has 0 radical (unpaired) electrons. The Bertz CT molecular complexity index is 114. The van der Waals surface area contributed by atoms with Gasteiger partial charge in [0.1, 0.15) is 0 Å². The highest BCUT2D eigenvalue weighted by atomic mass is 35.5. The summed E-state index contributed by atoms with van der Waals surface area (Å²) in [5.74, 6) is -0.475. The molecule has 0 rings (SSSR count). The van der Waals surface area contributed by atoms with Crippen LogP contribution in [0.2, 0.25) is 0 Å². The summed E-state index contributed by atoms with van der Waals surface area (Å²) >= 11 is 10.5. The molecule has 9 heavy (non-hydrogen) atoms. The van der Waals surface area contributed by atoms with Gasteiger partial charge < -0.3 is 4.74 Å². The van der Waals surface area contributed by atoms with Gasteiger partial charge in [-0.2, -0.15) is 0 Å². The number of carbonyl (C=O) groups excluding carboxylic acids is 1. The quantitative estimate of drug-likeness (QED) is 0.363. The molecular weight excluding hydrogens is 163 g/mol. The summed E-state index contributed by atoms with van der Waals surface area (Å²) in [6.07, 6.45) is 1.03. The SMILES string of the molecule is C=CC(=O)OC(Cl)CCl. The van der Waals surface area contributed by atoms with Crippen LogP contribution < -0.4 is 0 Å². The molecule has 0 spiro atoms. The Hall–Kier alpha value is -0.210. The maximum atomic E-state index is 10.3. The summed E-state index contributed by atoms with van der Waals surface area (Å²) in [6, 6.07) is 0. The smallest absolute Gasteiger partial charge is 0.331 e. The zero-order valence-electron chi connectivity index (χ0n) is 4.64. The van der Waals surface area contributed by atoms with E-state index in [1.165, 1.54) is 0 Å². The lowest BCUT2D eigenvalue weighted by molar-refractivity contribution is -0.138. The summed E-state index contributed by atoms with van der Waals surface area (Å²) in [7, 11) is 0. The molecule has 0 amide bonds. The molecule has 0 N–H and O–H groups in total. The maximum absolute atomic E-state index is 10.3. The van der Waals surface area contributed by atoms with Crippen LogP contribution in [0.3, 0.4) is 0 Å². The largest absolute Gasteiger partial charge is 0.442 e. The van der Waals surface area contributed by atoms with Gasteiger partial charge in [-0.25, -0.2) is 4.79 Å². The maximum Gasteiger partial charge on any atom is 0.331 e. The fourth-order valence-electron chi connectivity index (χ4n) is 0.206. The number of esters is 1. The van der Waals surface area contributed by atoms with Crippen molar-refractivity contribution in [1.29, 1.82) is 0 Å². The van der Waals surface area contributed by atoms with Gasteiger partial charge in [0.2, 0.25) is 0 Å². The van der Waals surface area contributed by atoms with E-state index in [-0.39, 0.29) is 5.88 Å². The number of halogens is 2. The van der Waals surface area contributed by atoms with E-state index in [9.17, 15) is 4.79 Å². The molecule has 0 bridgehead atoms. The zero-order chi connectivity index (χ0) is 7.28. The van der Waals surface area contributed by atoms with E-state index in [1.54, 1.807) is 0 Å². The molecule has 0 saturated heterocycles. The average molecular weight is 169 g/mol. The van der Waals surface area contributed by atoms with Crippen LogP contribution in [0.25, 0.3) is 0 Å². The molecule has 0 saturated carbocycles. The van der Waals surface area contributed by atoms with Crippen LogP contribution in [0.1, 0.15) is 0 Å². The molecule has 0 aromatic carbocycles. The minimum absolute atomic E-state index is 0.0845. The Balaban J connectivity index is 3.46. The lowest BCUT2D eigenvalue weighted by Gasteiger charge is -2.03. The van der Waals surface area contributed by atoms with Crippen molar-refractivity contribution in [3.8, 4) is 0 Å². The van der Waals surface area contributed by atoms with Gasteiger partial charge in [0, 0.05) is 6.08 Å². The average Bonchev–Trinajstić information content (AvgIpc) is 1.87. The van der Waals surface area contributed by atoms with Crippen LogP contribution in [-0.4, -0.2) is 17.4 Å². The number of hydrogen-bond donors (Lipinski definition) is 0. The molecule has 1 atom stereocenters. The highest BCUT2D eigenvalue weighted by Gasteiger charge is 2.04. The van der Waals surface area contributed by atoms with E-state index in [2.05, 4.69) is 11.3 Å². The predicted octanol–water partition coefficient (Wildman–Crippen LogP) is 1.52. The van der Waals surface area contributed by atoms with Gasteiger partial charge in [0.05, 0.1) is 5.88 Å². The first-order chi connectivity index (χ1) is 4.20. The number of alkyl halides is 2. The monoisotopic (exact) mass is 168 g/mol. The molecule has 2 nitrogen and oxygen atoms in total. The van der Waals surface area contributed by atoms with Crippen molar-refractivity contribution in [3.63, 3.8) is 0 Å². The first-order valence-corrected chi connectivity index (χ1v) is 3.21. The molecular formula is C5H6Cl2O2. The summed E-state index contributed by atoms with van der Waals surface area (Å²) in [5.41, 5.74) is -0.753. The molecule has 0 aromatic rings. The van der Waals surface area contributed by atoms with Gasteiger partial charge in [-0.05, 0) is 0 Å². The first-order valence-electron chi connectivity index (χ1n) is 2.23. The first kappa shape index (κ1) is 8.79.